The fraction of sp³-hybridized carbons (Fsp3) is 0. The minimum atomic E-state index is 0.120. The Morgan fingerprint density at radius 1 is 1.71 bits per heavy atom. The molecule has 2 nitrogen and oxygen atoms in total. The van der Waals surface area contributed by atoms with E-state index >= 15 is 0 Å². The zero-order valence-electron chi connectivity index (χ0n) is 3.76. The van der Waals surface area contributed by atoms with Gasteiger partial charge in [0.05, 0.1) is 0 Å². The molecule has 0 bridgehead atoms. The molecule has 38 valence electrons. The molecule has 0 spiro atoms. The Bertz CT molecular complexity index is 106. The lowest BCUT2D eigenvalue weighted by atomic mass is 11.0. The highest BCUT2D eigenvalue weighted by Crippen LogP contribution is 1.84. The molecule has 0 unspecified atom stereocenters. The van der Waals surface area contributed by atoms with Crippen LogP contribution in [0.1, 0.15) is 0 Å². The van der Waals surface area contributed by atoms with Gasteiger partial charge in [0.1, 0.15) is 0 Å². The van der Waals surface area contributed by atoms with Crippen LogP contribution in [0.25, 0.3) is 0 Å². The third kappa shape index (κ3) is 3.19. The molecular weight excluding hydrogens is 112 g/mol. The van der Waals surface area contributed by atoms with E-state index in [1.165, 1.54) is 6.20 Å². The molecule has 0 aromatic heterocycles. The van der Waals surface area contributed by atoms with Crippen LogP contribution in [0, 0.1) is 0 Å². The SMILES string of the molecule is C=CN=C(Cl)N=C. The van der Waals surface area contributed by atoms with E-state index < -0.39 is 0 Å². The third-order valence-electron chi connectivity index (χ3n) is 0.328. The van der Waals surface area contributed by atoms with Crippen LogP contribution in [0.2, 0.25) is 0 Å². The molecule has 0 atom stereocenters. The predicted octanol–water partition coefficient (Wildman–Crippen LogP) is 1.43. The number of rotatable bonds is 1. The van der Waals surface area contributed by atoms with Gasteiger partial charge in [-0.2, -0.15) is 0 Å². The van der Waals surface area contributed by atoms with Crippen LogP contribution in [0.3, 0.4) is 0 Å². The standard InChI is InChI=1S/C4H5ClN2/c1-3-7-4(5)6-2/h3H,1-2H2. The van der Waals surface area contributed by atoms with Crippen LogP contribution >= 0.6 is 11.6 Å². The molecule has 3 heteroatoms. The molecule has 0 fully saturated rings. The van der Waals surface area contributed by atoms with Crippen molar-refractivity contribution in [3.63, 3.8) is 0 Å². The number of aliphatic imine (C=N–C) groups is 2. The van der Waals surface area contributed by atoms with Crippen molar-refractivity contribution in [2.45, 2.75) is 0 Å². The lowest BCUT2D eigenvalue weighted by Crippen LogP contribution is -1.72. The minimum absolute atomic E-state index is 0.120. The molecule has 0 aliphatic heterocycles. The molecule has 0 heterocycles. The highest BCUT2D eigenvalue weighted by molar-refractivity contribution is 6.65. The molecule has 0 aliphatic rings. The summed E-state index contributed by atoms with van der Waals surface area (Å²) in [6.45, 7) is 6.41. The molecule has 0 radical (unpaired) electrons. The number of nitrogens with zero attached hydrogens (tertiary/aromatic N) is 2. The highest BCUT2D eigenvalue weighted by Gasteiger charge is 1.76. The second-order valence-electron chi connectivity index (χ2n) is 0.739. The summed E-state index contributed by atoms with van der Waals surface area (Å²) in [7, 11) is 0. The molecule has 0 rings (SSSR count). The van der Waals surface area contributed by atoms with Gasteiger partial charge in [-0.25, -0.2) is 9.98 Å². The van der Waals surface area contributed by atoms with Crippen molar-refractivity contribution in [3.05, 3.63) is 12.8 Å². The second-order valence-corrected chi connectivity index (χ2v) is 1.08. The summed E-state index contributed by atoms with van der Waals surface area (Å²) in [4.78, 5) is 6.73. The summed E-state index contributed by atoms with van der Waals surface area (Å²) in [6.07, 6.45) is 1.30. The monoisotopic (exact) mass is 116 g/mol. The Morgan fingerprint density at radius 3 is 2.43 bits per heavy atom. The van der Waals surface area contributed by atoms with Crippen molar-refractivity contribution < 1.29 is 0 Å². The molecule has 0 amide bonds. The van der Waals surface area contributed by atoms with Crippen molar-refractivity contribution in [2.24, 2.45) is 9.98 Å². The Balaban J connectivity index is 3.72. The van der Waals surface area contributed by atoms with E-state index in [1.807, 2.05) is 0 Å². The van der Waals surface area contributed by atoms with Crippen LogP contribution in [0.5, 0.6) is 0 Å². The van der Waals surface area contributed by atoms with Gasteiger partial charge in [0.15, 0.2) is 0 Å². The summed E-state index contributed by atoms with van der Waals surface area (Å²) in [5.74, 6) is 0. The summed E-state index contributed by atoms with van der Waals surface area (Å²) in [5.41, 5.74) is 0. The summed E-state index contributed by atoms with van der Waals surface area (Å²) >= 11 is 5.21. The molecule has 0 N–H and O–H groups in total. The molecule has 7 heavy (non-hydrogen) atoms. The van der Waals surface area contributed by atoms with Crippen LogP contribution in [-0.4, -0.2) is 12.0 Å². The fourth-order valence-electron chi connectivity index (χ4n) is 0.116. The zero-order chi connectivity index (χ0) is 5.70. The second kappa shape index (κ2) is 3.56. The lowest BCUT2D eigenvalue weighted by Gasteiger charge is -1.76. The molecule has 0 saturated carbocycles. The molecular formula is C4H5ClN2. The predicted molar refractivity (Wildman–Crippen MR) is 33.0 cm³/mol. The van der Waals surface area contributed by atoms with E-state index in [4.69, 9.17) is 11.6 Å². The Labute approximate surface area is 47.2 Å². The topological polar surface area (TPSA) is 24.7 Å². The van der Waals surface area contributed by atoms with Crippen molar-refractivity contribution in [1.29, 1.82) is 0 Å². The molecule has 0 saturated heterocycles. The van der Waals surface area contributed by atoms with E-state index in [0.717, 1.165) is 0 Å². The van der Waals surface area contributed by atoms with Crippen molar-refractivity contribution in [1.82, 2.24) is 0 Å². The number of hydrogen-bond acceptors (Lipinski definition) is 1. The van der Waals surface area contributed by atoms with E-state index in [2.05, 4.69) is 23.3 Å². The first-order valence-electron chi connectivity index (χ1n) is 1.62. The van der Waals surface area contributed by atoms with Crippen LogP contribution in [0.15, 0.2) is 22.8 Å². The van der Waals surface area contributed by atoms with E-state index in [9.17, 15) is 0 Å². The van der Waals surface area contributed by atoms with Crippen LogP contribution in [0.4, 0.5) is 0 Å². The van der Waals surface area contributed by atoms with Crippen molar-refractivity contribution in [3.8, 4) is 0 Å². The first-order valence-corrected chi connectivity index (χ1v) is 2.00. The van der Waals surface area contributed by atoms with Gasteiger partial charge >= 0.3 is 0 Å². The average molecular weight is 117 g/mol. The van der Waals surface area contributed by atoms with Gasteiger partial charge in [-0.05, 0) is 18.3 Å². The first kappa shape index (κ1) is 6.37. The van der Waals surface area contributed by atoms with Gasteiger partial charge in [0, 0.05) is 6.20 Å². The first-order chi connectivity index (χ1) is 3.31. The zero-order valence-corrected chi connectivity index (χ0v) is 4.52. The molecule has 0 aliphatic carbocycles. The Morgan fingerprint density at radius 2 is 2.29 bits per heavy atom. The van der Waals surface area contributed by atoms with Gasteiger partial charge in [0.25, 0.3) is 0 Å². The summed E-state index contributed by atoms with van der Waals surface area (Å²) in [5, 5.41) is 0.120. The van der Waals surface area contributed by atoms with E-state index in [-0.39, 0.29) is 5.29 Å². The lowest BCUT2D eigenvalue weighted by molar-refractivity contribution is 1.56. The molecule has 0 aromatic carbocycles. The quantitative estimate of drug-likeness (QED) is 0.281. The molecule has 0 aromatic rings. The number of hydrogen-bond donors (Lipinski definition) is 0. The maximum Gasteiger partial charge on any atom is 0.221 e. The van der Waals surface area contributed by atoms with Gasteiger partial charge < -0.3 is 0 Å². The number of amidine groups is 1. The number of halogens is 1. The maximum absolute atomic E-state index is 5.21. The van der Waals surface area contributed by atoms with Crippen molar-refractivity contribution >= 4 is 23.6 Å². The maximum atomic E-state index is 5.21. The Kier molecular flexibility index (Phi) is 3.24. The van der Waals surface area contributed by atoms with Gasteiger partial charge in [-0.15, -0.1) is 0 Å². The third-order valence-corrected chi connectivity index (χ3v) is 0.545. The summed E-state index contributed by atoms with van der Waals surface area (Å²) < 4.78 is 0. The minimum Gasteiger partial charge on any atom is -0.235 e. The largest absolute Gasteiger partial charge is 0.235 e. The fourth-order valence-corrected chi connectivity index (χ4v) is 0.185. The van der Waals surface area contributed by atoms with E-state index in [0.29, 0.717) is 0 Å². The Hall–Kier alpha value is -0.630. The van der Waals surface area contributed by atoms with Crippen molar-refractivity contribution in [2.75, 3.05) is 0 Å². The van der Waals surface area contributed by atoms with Gasteiger partial charge in [-0.1, -0.05) is 6.58 Å². The smallest absolute Gasteiger partial charge is 0.221 e. The normalized spacial score (nSPS) is 10.7. The summed E-state index contributed by atoms with van der Waals surface area (Å²) in [6, 6.07) is 0. The highest BCUT2D eigenvalue weighted by atomic mass is 35.5. The van der Waals surface area contributed by atoms with E-state index in [1.54, 1.807) is 0 Å². The van der Waals surface area contributed by atoms with Gasteiger partial charge in [0.2, 0.25) is 5.29 Å². The van der Waals surface area contributed by atoms with Crippen LogP contribution in [-0.2, 0) is 0 Å². The van der Waals surface area contributed by atoms with Gasteiger partial charge in [-0.3, -0.25) is 0 Å². The van der Waals surface area contributed by atoms with Crippen LogP contribution < -0.4 is 0 Å². The average Bonchev–Trinajstić information content (AvgIpc) is 1.68.